The van der Waals surface area contributed by atoms with Crippen LogP contribution < -0.4 is 0 Å². The molecule has 1 N–H and O–H groups in total. The first kappa shape index (κ1) is 18.1. The summed E-state index contributed by atoms with van der Waals surface area (Å²) >= 11 is 0. The van der Waals surface area contributed by atoms with Crippen LogP contribution in [0.5, 0.6) is 0 Å². The van der Waals surface area contributed by atoms with Gasteiger partial charge in [-0.15, -0.1) is 0 Å². The van der Waals surface area contributed by atoms with E-state index in [0.29, 0.717) is 23.8 Å². The fraction of sp³-hybridized carbons (Fsp3) is 0.625. The van der Waals surface area contributed by atoms with Crippen molar-refractivity contribution in [2.45, 2.75) is 69.6 Å². The monoisotopic (exact) mass is 396 g/mol. The fourth-order valence-electron chi connectivity index (χ4n) is 6.95. The Balaban J connectivity index is 1.32. The third kappa shape index (κ3) is 2.53. The number of hydrogen-bond acceptors (Lipinski definition) is 3. The predicted molar refractivity (Wildman–Crippen MR) is 108 cm³/mol. The lowest BCUT2D eigenvalue weighted by Crippen LogP contribution is -2.48. The van der Waals surface area contributed by atoms with Crippen molar-refractivity contribution in [1.82, 2.24) is 9.55 Å². The summed E-state index contributed by atoms with van der Waals surface area (Å²) in [5, 5.41) is 11.6. The Morgan fingerprint density at radius 2 is 2.24 bits per heavy atom. The molecule has 2 saturated carbocycles. The first-order valence-corrected chi connectivity index (χ1v) is 11.2. The van der Waals surface area contributed by atoms with Gasteiger partial charge in [0.2, 0.25) is 0 Å². The zero-order valence-corrected chi connectivity index (χ0v) is 17.0. The smallest absolute Gasteiger partial charge is 0.129 e. The number of rotatable bonds is 4. The minimum absolute atomic E-state index is 0.0955. The van der Waals surface area contributed by atoms with Crippen LogP contribution >= 0.6 is 0 Å². The molecule has 2 aliphatic heterocycles. The molecule has 2 bridgehead atoms. The van der Waals surface area contributed by atoms with Crippen molar-refractivity contribution in [2.24, 2.45) is 17.3 Å². The molecule has 4 aliphatic rings. The number of ether oxygens (including phenoxy) is 1. The number of aromatic nitrogens is 2. The van der Waals surface area contributed by atoms with Crippen LogP contribution in [-0.4, -0.2) is 33.0 Å². The average molecular weight is 397 g/mol. The first-order chi connectivity index (χ1) is 14.1. The van der Waals surface area contributed by atoms with Gasteiger partial charge in [0.15, 0.2) is 0 Å². The summed E-state index contributed by atoms with van der Waals surface area (Å²) in [4.78, 5) is 4.30. The second-order valence-electron chi connectivity index (χ2n) is 9.97. The van der Waals surface area contributed by atoms with Crippen molar-refractivity contribution in [3.05, 3.63) is 42.1 Å². The Bertz CT molecular complexity index is 952. The molecule has 154 valence electrons. The van der Waals surface area contributed by atoms with Crippen LogP contribution in [0.3, 0.4) is 0 Å². The number of imidazole rings is 1. The molecule has 1 aromatic heterocycles. The lowest BCUT2D eigenvalue weighted by molar-refractivity contribution is -0.0787. The highest BCUT2D eigenvalue weighted by molar-refractivity contribution is 5.69. The van der Waals surface area contributed by atoms with E-state index in [0.717, 1.165) is 37.1 Å². The van der Waals surface area contributed by atoms with Crippen LogP contribution in [0, 0.1) is 23.1 Å². The van der Waals surface area contributed by atoms with Crippen LogP contribution in [0.25, 0.3) is 11.3 Å². The number of benzene rings is 1. The average Bonchev–Trinajstić information content (AvgIpc) is 3.24. The van der Waals surface area contributed by atoms with Gasteiger partial charge in [-0.05, 0) is 68.3 Å². The number of aliphatic hydroxyl groups is 1. The van der Waals surface area contributed by atoms with E-state index in [-0.39, 0.29) is 22.9 Å². The third-order valence-electron chi connectivity index (χ3n) is 8.72. The number of epoxide rings is 1. The summed E-state index contributed by atoms with van der Waals surface area (Å²) in [5.41, 5.74) is 2.60. The van der Waals surface area contributed by atoms with Gasteiger partial charge in [0.25, 0.3) is 0 Å². The standard InChI is InChI=1S/C24H29FN2O2/c1-2-23(10-15-6-7-24(13-29-24)16(8-15)11-23)21(28)9-19-22-17(4-3-5-18(22)25)20-12-26-14-27(19)20/h3-5,12,14-16,19,21,28H,2,6-11,13H2,1H3. The van der Waals surface area contributed by atoms with Gasteiger partial charge >= 0.3 is 0 Å². The van der Waals surface area contributed by atoms with Crippen molar-refractivity contribution in [3.8, 4) is 11.3 Å². The van der Waals surface area contributed by atoms with Gasteiger partial charge in [0.1, 0.15) is 5.82 Å². The van der Waals surface area contributed by atoms with Crippen molar-refractivity contribution in [3.63, 3.8) is 0 Å². The first-order valence-electron chi connectivity index (χ1n) is 11.2. The molecule has 1 aromatic carbocycles. The van der Waals surface area contributed by atoms with Gasteiger partial charge in [0, 0.05) is 11.1 Å². The van der Waals surface area contributed by atoms with Gasteiger partial charge in [-0.2, -0.15) is 0 Å². The molecule has 5 heteroatoms. The van der Waals surface area contributed by atoms with E-state index < -0.39 is 6.10 Å². The van der Waals surface area contributed by atoms with Crippen molar-refractivity contribution in [1.29, 1.82) is 0 Å². The second-order valence-corrected chi connectivity index (χ2v) is 9.97. The number of hydrogen-bond donors (Lipinski definition) is 1. The molecule has 29 heavy (non-hydrogen) atoms. The van der Waals surface area contributed by atoms with Crippen LogP contribution in [0.1, 0.15) is 63.5 Å². The molecule has 4 nitrogen and oxygen atoms in total. The Morgan fingerprint density at radius 3 is 3.03 bits per heavy atom. The Kier molecular flexibility index (Phi) is 3.83. The van der Waals surface area contributed by atoms with Crippen LogP contribution in [-0.2, 0) is 4.74 Å². The molecule has 1 saturated heterocycles. The lowest BCUT2D eigenvalue weighted by atomic mass is 9.54. The number of nitrogens with zero attached hydrogens (tertiary/aromatic N) is 2. The highest BCUT2D eigenvalue weighted by atomic mass is 19.1. The summed E-state index contributed by atoms with van der Waals surface area (Å²) in [6.07, 6.45) is 10.4. The maximum Gasteiger partial charge on any atom is 0.129 e. The van der Waals surface area contributed by atoms with E-state index in [1.54, 1.807) is 18.6 Å². The van der Waals surface area contributed by atoms with E-state index in [4.69, 9.17) is 4.74 Å². The van der Waals surface area contributed by atoms with Gasteiger partial charge in [-0.25, -0.2) is 9.37 Å². The van der Waals surface area contributed by atoms with Gasteiger partial charge in [-0.3, -0.25) is 0 Å². The maximum absolute atomic E-state index is 14.8. The Labute approximate surface area is 171 Å². The van der Waals surface area contributed by atoms with Gasteiger partial charge in [-0.1, -0.05) is 19.1 Å². The molecular formula is C24H29FN2O2. The van der Waals surface area contributed by atoms with E-state index >= 15 is 0 Å². The van der Waals surface area contributed by atoms with E-state index in [2.05, 4.69) is 16.5 Å². The molecule has 0 radical (unpaired) electrons. The Morgan fingerprint density at radius 1 is 1.38 bits per heavy atom. The highest BCUT2D eigenvalue weighted by Crippen LogP contribution is 2.60. The highest BCUT2D eigenvalue weighted by Gasteiger charge is 2.59. The molecule has 3 fully saturated rings. The van der Waals surface area contributed by atoms with Gasteiger partial charge < -0.3 is 14.4 Å². The second kappa shape index (κ2) is 6.14. The maximum atomic E-state index is 14.8. The van der Waals surface area contributed by atoms with E-state index in [1.807, 2.05) is 6.07 Å². The van der Waals surface area contributed by atoms with E-state index in [1.165, 1.54) is 25.3 Å². The summed E-state index contributed by atoms with van der Waals surface area (Å²) in [7, 11) is 0. The van der Waals surface area contributed by atoms with Crippen molar-refractivity contribution < 1.29 is 14.2 Å². The molecule has 6 unspecified atom stereocenters. The zero-order valence-electron chi connectivity index (χ0n) is 17.0. The normalized spacial score (nSPS) is 38.0. The summed E-state index contributed by atoms with van der Waals surface area (Å²) < 4.78 is 22.8. The summed E-state index contributed by atoms with van der Waals surface area (Å²) in [6.45, 7) is 3.12. The van der Waals surface area contributed by atoms with Crippen LogP contribution in [0.4, 0.5) is 4.39 Å². The zero-order chi connectivity index (χ0) is 19.8. The minimum atomic E-state index is -0.461. The molecular weight excluding hydrogens is 367 g/mol. The van der Waals surface area contributed by atoms with Crippen LogP contribution in [0.15, 0.2) is 30.7 Å². The summed E-state index contributed by atoms with van der Waals surface area (Å²) in [6, 6.07) is 5.07. The molecule has 6 atom stereocenters. The number of halogens is 1. The SMILES string of the molecule is CCC1(C(O)CC2c3c(F)cccc3-c3cncn32)CC2CCC3(CO3)C(C2)C1. The molecule has 2 aliphatic carbocycles. The fourth-order valence-corrected chi connectivity index (χ4v) is 6.95. The van der Waals surface area contributed by atoms with Gasteiger partial charge in [0.05, 0.1) is 42.6 Å². The molecule has 6 rings (SSSR count). The molecule has 1 spiro atoms. The largest absolute Gasteiger partial charge is 0.392 e. The third-order valence-corrected chi connectivity index (χ3v) is 8.72. The van der Waals surface area contributed by atoms with Crippen molar-refractivity contribution >= 4 is 0 Å². The number of fused-ring (bicyclic) bond motifs is 6. The molecule has 3 heterocycles. The predicted octanol–water partition coefficient (Wildman–Crippen LogP) is 4.72. The quantitative estimate of drug-likeness (QED) is 0.761. The molecule has 2 aromatic rings. The Hall–Kier alpha value is -1.72. The van der Waals surface area contributed by atoms with E-state index in [9.17, 15) is 9.50 Å². The molecule has 0 amide bonds. The van der Waals surface area contributed by atoms with Crippen molar-refractivity contribution in [2.75, 3.05) is 6.61 Å². The lowest BCUT2D eigenvalue weighted by Gasteiger charge is -2.51. The minimum Gasteiger partial charge on any atom is -0.392 e. The van der Waals surface area contributed by atoms with Crippen LogP contribution in [0.2, 0.25) is 0 Å². The number of aliphatic hydroxyl groups excluding tert-OH is 1. The summed E-state index contributed by atoms with van der Waals surface area (Å²) in [5.74, 6) is 1.08. The topological polar surface area (TPSA) is 50.6 Å².